The van der Waals surface area contributed by atoms with Crippen LogP contribution in [0, 0.1) is 0 Å². The van der Waals surface area contributed by atoms with E-state index in [9.17, 15) is 22.4 Å². The lowest BCUT2D eigenvalue weighted by molar-refractivity contribution is 0.0662. The summed E-state index contributed by atoms with van der Waals surface area (Å²) in [6.45, 7) is 3.75. The molecule has 1 saturated heterocycles. The number of thiazole rings is 1. The van der Waals surface area contributed by atoms with E-state index in [4.69, 9.17) is 23.2 Å². The lowest BCUT2D eigenvalue weighted by Gasteiger charge is -2.28. The molecule has 0 aliphatic carbocycles. The molecule has 1 aliphatic rings. The molecule has 3 aromatic rings. The standard InChI is InChI=1S/C20H20Cl2FN5O5S2/c1-9(2)27-35(31,32)12-4-3-11(13(21)14(12)22)16-15(19(29)28-7-5-10(23)6-8-28)24-18(34-16)17-25-20(30)33-26-17/h3-4,9-10,27H,5-8H2,1-2H3,(H,25,26,30). The first-order valence-corrected chi connectivity index (χ1v) is 13.5. The number of aromatic amines is 1. The highest BCUT2D eigenvalue weighted by Crippen LogP contribution is 2.43. The minimum absolute atomic E-state index is 0.00492. The molecule has 2 N–H and O–H groups in total. The maximum atomic E-state index is 13.6. The fourth-order valence-electron chi connectivity index (χ4n) is 3.56. The van der Waals surface area contributed by atoms with Crippen LogP contribution in [0.5, 0.6) is 0 Å². The van der Waals surface area contributed by atoms with E-state index in [1.54, 1.807) is 13.8 Å². The predicted molar refractivity (Wildman–Crippen MR) is 129 cm³/mol. The second-order valence-electron chi connectivity index (χ2n) is 8.12. The zero-order valence-corrected chi connectivity index (χ0v) is 21.6. The molecule has 1 fully saturated rings. The van der Waals surface area contributed by atoms with Crippen LogP contribution < -0.4 is 10.5 Å². The molecule has 0 bridgehead atoms. The Hall–Kier alpha value is -2.32. The van der Waals surface area contributed by atoms with Crippen molar-refractivity contribution in [2.45, 2.75) is 43.8 Å². The third-order valence-corrected chi connectivity index (χ3v) is 8.95. The van der Waals surface area contributed by atoms with Gasteiger partial charge in [0.1, 0.15) is 16.8 Å². The molecule has 10 nitrogen and oxygen atoms in total. The summed E-state index contributed by atoms with van der Waals surface area (Å²) in [5.41, 5.74) is 0.249. The van der Waals surface area contributed by atoms with E-state index in [0.29, 0.717) is 0 Å². The molecule has 4 rings (SSSR count). The topological polar surface area (TPSA) is 138 Å². The summed E-state index contributed by atoms with van der Waals surface area (Å²) in [5.74, 6) is -1.26. The summed E-state index contributed by atoms with van der Waals surface area (Å²) in [6, 6.07) is 2.34. The Morgan fingerprint density at radius 3 is 2.57 bits per heavy atom. The van der Waals surface area contributed by atoms with Gasteiger partial charge in [0.05, 0.1) is 14.9 Å². The number of halogens is 3. The van der Waals surface area contributed by atoms with Crippen molar-refractivity contribution in [1.29, 1.82) is 0 Å². The maximum Gasteiger partial charge on any atom is 0.439 e. The Morgan fingerprint density at radius 1 is 1.29 bits per heavy atom. The number of amides is 1. The number of nitrogens with zero attached hydrogens (tertiary/aromatic N) is 3. The van der Waals surface area contributed by atoms with E-state index in [-0.39, 0.29) is 73.9 Å². The van der Waals surface area contributed by atoms with Crippen LogP contribution >= 0.6 is 34.5 Å². The van der Waals surface area contributed by atoms with Gasteiger partial charge in [-0.05, 0) is 32.8 Å². The molecular weight excluding hydrogens is 544 g/mol. The molecule has 1 aromatic carbocycles. The van der Waals surface area contributed by atoms with Crippen LogP contribution in [0.3, 0.4) is 0 Å². The smallest absolute Gasteiger partial charge is 0.337 e. The van der Waals surface area contributed by atoms with Crippen molar-refractivity contribution in [2.24, 2.45) is 0 Å². The first-order valence-electron chi connectivity index (χ1n) is 10.5. The van der Waals surface area contributed by atoms with Crippen molar-refractivity contribution in [3.8, 4) is 21.3 Å². The number of rotatable bonds is 6. The molecule has 0 unspecified atom stereocenters. The van der Waals surface area contributed by atoms with Gasteiger partial charge in [-0.15, -0.1) is 11.3 Å². The van der Waals surface area contributed by atoms with Gasteiger partial charge >= 0.3 is 5.76 Å². The van der Waals surface area contributed by atoms with Crippen LogP contribution in [0.2, 0.25) is 10.0 Å². The zero-order chi connectivity index (χ0) is 25.5. The highest BCUT2D eigenvalue weighted by atomic mass is 35.5. The van der Waals surface area contributed by atoms with Crippen molar-refractivity contribution < 1.29 is 22.1 Å². The molecule has 0 spiro atoms. The lowest BCUT2D eigenvalue weighted by atomic mass is 10.1. The van der Waals surface area contributed by atoms with E-state index in [0.717, 1.165) is 11.3 Å². The Kier molecular flexibility index (Phi) is 7.34. The van der Waals surface area contributed by atoms with E-state index in [1.165, 1.54) is 17.0 Å². The average molecular weight is 564 g/mol. The summed E-state index contributed by atoms with van der Waals surface area (Å²) >= 11 is 13.9. The third-order valence-electron chi connectivity index (χ3n) is 5.16. The minimum Gasteiger partial charge on any atom is -0.337 e. The van der Waals surface area contributed by atoms with Crippen LogP contribution in [-0.2, 0) is 10.0 Å². The Labute approximate surface area is 213 Å². The average Bonchev–Trinajstić information content (AvgIpc) is 3.41. The van der Waals surface area contributed by atoms with Crippen molar-refractivity contribution in [1.82, 2.24) is 24.7 Å². The summed E-state index contributed by atoms with van der Waals surface area (Å²) in [7, 11) is -3.95. The molecule has 1 amide bonds. The van der Waals surface area contributed by atoms with E-state index in [2.05, 4.69) is 24.4 Å². The van der Waals surface area contributed by atoms with Gasteiger partial charge in [0.2, 0.25) is 15.8 Å². The van der Waals surface area contributed by atoms with Crippen molar-refractivity contribution in [3.63, 3.8) is 0 Å². The molecule has 35 heavy (non-hydrogen) atoms. The highest BCUT2D eigenvalue weighted by Gasteiger charge is 2.31. The Balaban J connectivity index is 1.82. The van der Waals surface area contributed by atoms with Gasteiger partial charge in [0, 0.05) is 24.7 Å². The molecule has 0 atom stereocenters. The number of carbonyl (C=O) groups is 1. The number of hydrogen-bond donors (Lipinski definition) is 2. The number of carbonyl (C=O) groups excluding carboxylic acids is 1. The predicted octanol–water partition coefficient (Wildman–Crippen LogP) is 3.72. The second kappa shape index (κ2) is 9.97. The van der Waals surface area contributed by atoms with Crippen LogP contribution in [0.25, 0.3) is 21.3 Å². The first kappa shape index (κ1) is 25.8. The van der Waals surface area contributed by atoms with Crippen molar-refractivity contribution >= 4 is 50.5 Å². The van der Waals surface area contributed by atoms with E-state index in [1.807, 2.05) is 0 Å². The maximum absolute atomic E-state index is 13.6. The molecule has 188 valence electrons. The van der Waals surface area contributed by atoms with Gasteiger partial charge in [-0.1, -0.05) is 34.4 Å². The van der Waals surface area contributed by atoms with Crippen LogP contribution in [0.15, 0.2) is 26.3 Å². The number of piperidine rings is 1. The number of aromatic nitrogens is 3. The largest absolute Gasteiger partial charge is 0.439 e. The molecular formula is C20H20Cl2FN5O5S2. The number of sulfonamides is 1. The summed E-state index contributed by atoms with van der Waals surface area (Å²) < 4.78 is 45.9. The minimum atomic E-state index is -3.95. The zero-order valence-electron chi connectivity index (χ0n) is 18.5. The Morgan fingerprint density at radius 2 is 1.97 bits per heavy atom. The van der Waals surface area contributed by atoms with Gasteiger partial charge in [-0.3, -0.25) is 14.3 Å². The first-order chi connectivity index (χ1) is 16.5. The monoisotopic (exact) mass is 563 g/mol. The summed E-state index contributed by atoms with van der Waals surface area (Å²) in [4.78, 5) is 33.0. The van der Waals surface area contributed by atoms with Gasteiger partial charge in [0.15, 0.2) is 5.01 Å². The number of benzene rings is 1. The Bertz CT molecular complexity index is 1430. The van der Waals surface area contributed by atoms with Gasteiger partial charge < -0.3 is 4.90 Å². The number of alkyl halides is 1. The highest BCUT2D eigenvalue weighted by molar-refractivity contribution is 7.89. The number of likely N-dealkylation sites (tertiary alicyclic amines) is 1. The van der Waals surface area contributed by atoms with Crippen molar-refractivity contribution in [3.05, 3.63) is 38.4 Å². The SMILES string of the molecule is CC(C)NS(=O)(=O)c1ccc(-c2sc(-c3noc(=O)[nH]3)nc2C(=O)N2CCC(F)CC2)c(Cl)c1Cl. The summed E-state index contributed by atoms with van der Waals surface area (Å²) in [5, 5.41) is 3.46. The molecule has 3 heterocycles. The molecule has 0 saturated carbocycles. The molecule has 15 heteroatoms. The number of nitrogens with one attached hydrogen (secondary N) is 2. The van der Waals surface area contributed by atoms with Crippen LogP contribution in [0.1, 0.15) is 37.2 Å². The quantitative estimate of drug-likeness (QED) is 0.465. The van der Waals surface area contributed by atoms with Crippen LogP contribution in [-0.4, -0.2) is 59.7 Å². The van der Waals surface area contributed by atoms with Crippen LogP contribution in [0.4, 0.5) is 4.39 Å². The molecule has 1 aliphatic heterocycles. The number of hydrogen-bond acceptors (Lipinski definition) is 8. The van der Waals surface area contributed by atoms with Gasteiger partial charge in [-0.2, -0.15) is 0 Å². The fraction of sp³-hybridized carbons (Fsp3) is 0.400. The summed E-state index contributed by atoms with van der Waals surface area (Å²) in [6.07, 6.45) is -0.570. The van der Waals surface area contributed by atoms with Gasteiger partial charge in [0.25, 0.3) is 5.91 Å². The molecule has 0 radical (unpaired) electrons. The third kappa shape index (κ3) is 5.28. The molecule has 2 aromatic heterocycles. The number of H-pyrrole nitrogens is 1. The lowest BCUT2D eigenvalue weighted by Crippen LogP contribution is -2.39. The second-order valence-corrected chi connectivity index (χ2v) is 11.6. The normalized spacial score (nSPS) is 15.2. The fourth-order valence-corrected chi connectivity index (χ4v) is 6.76. The van der Waals surface area contributed by atoms with E-state index < -0.39 is 27.9 Å². The van der Waals surface area contributed by atoms with E-state index >= 15 is 0 Å². The van der Waals surface area contributed by atoms with Gasteiger partial charge in [-0.25, -0.2) is 27.3 Å². The van der Waals surface area contributed by atoms with Crippen molar-refractivity contribution in [2.75, 3.05) is 13.1 Å².